The molecule has 1 aromatic heterocycles. The summed E-state index contributed by atoms with van der Waals surface area (Å²) in [7, 11) is 0. The van der Waals surface area contributed by atoms with E-state index in [1.807, 2.05) is 18.0 Å². The second kappa shape index (κ2) is 5.22. The molecule has 0 aromatic carbocycles. The van der Waals surface area contributed by atoms with Gasteiger partial charge in [0.15, 0.2) is 0 Å². The first-order valence-electron chi connectivity index (χ1n) is 6.66. The zero-order valence-electron chi connectivity index (χ0n) is 11.6. The highest BCUT2D eigenvalue weighted by atomic mass is 32.2. The lowest BCUT2D eigenvalue weighted by Gasteiger charge is -2.41. The Morgan fingerprint density at radius 1 is 1.33 bits per heavy atom. The van der Waals surface area contributed by atoms with Crippen LogP contribution in [0.2, 0.25) is 0 Å². The van der Waals surface area contributed by atoms with Gasteiger partial charge in [0, 0.05) is 24.1 Å². The Morgan fingerprint density at radius 2 is 2.11 bits per heavy atom. The molecule has 1 saturated heterocycles. The minimum Gasteiger partial charge on any atom is -0.389 e. The molecule has 3 heteroatoms. The van der Waals surface area contributed by atoms with E-state index in [1.54, 1.807) is 0 Å². The molecule has 2 heterocycles. The van der Waals surface area contributed by atoms with Crippen molar-refractivity contribution >= 4 is 11.8 Å². The summed E-state index contributed by atoms with van der Waals surface area (Å²) in [6.07, 6.45) is 4.48. The van der Waals surface area contributed by atoms with Crippen LogP contribution < -0.4 is 0 Å². The van der Waals surface area contributed by atoms with Gasteiger partial charge in [0.25, 0.3) is 0 Å². The molecule has 1 aliphatic heterocycles. The Bertz CT molecular complexity index is 401. The van der Waals surface area contributed by atoms with Crippen molar-refractivity contribution in [2.45, 2.75) is 45.6 Å². The molecular weight excluding hydrogens is 242 g/mol. The summed E-state index contributed by atoms with van der Waals surface area (Å²) >= 11 is 1.86. The van der Waals surface area contributed by atoms with Gasteiger partial charge in [-0.3, -0.25) is 4.98 Å². The van der Waals surface area contributed by atoms with Gasteiger partial charge in [-0.2, -0.15) is 11.8 Å². The van der Waals surface area contributed by atoms with Crippen LogP contribution in [0.15, 0.2) is 18.3 Å². The molecule has 0 saturated carbocycles. The molecule has 18 heavy (non-hydrogen) atoms. The summed E-state index contributed by atoms with van der Waals surface area (Å²) in [6.45, 7) is 6.60. The lowest BCUT2D eigenvalue weighted by Crippen LogP contribution is -2.44. The predicted octanol–water partition coefficient (Wildman–Crippen LogP) is 3.08. The minimum atomic E-state index is -0.590. The molecule has 0 amide bonds. The maximum absolute atomic E-state index is 10.7. The monoisotopic (exact) mass is 265 g/mol. The van der Waals surface area contributed by atoms with Crippen LogP contribution in [0.5, 0.6) is 0 Å². The third-order valence-corrected chi connectivity index (χ3v) is 5.20. The number of thioether (sulfide) groups is 1. The number of rotatable bonds is 3. The van der Waals surface area contributed by atoms with Gasteiger partial charge < -0.3 is 5.11 Å². The van der Waals surface area contributed by atoms with Crippen LogP contribution in [0.25, 0.3) is 0 Å². The molecule has 2 rings (SSSR count). The average molecular weight is 265 g/mol. The van der Waals surface area contributed by atoms with Crippen molar-refractivity contribution in [1.82, 2.24) is 4.98 Å². The van der Waals surface area contributed by atoms with E-state index in [1.165, 1.54) is 5.56 Å². The van der Waals surface area contributed by atoms with Crippen molar-refractivity contribution in [1.29, 1.82) is 0 Å². The zero-order valence-corrected chi connectivity index (χ0v) is 12.4. The van der Waals surface area contributed by atoms with Crippen molar-refractivity contribution in [3.63, 3.8) is 0 Å². The third kappa shape index (κ3) is 3.48. The van der Waals surface area contributed by atoms with Gasteiger partial charge in [0.2, 0.25) is 0 Å². The molecule has 0 spiro atoms. The maximum atomic E-state index is 10.7. The van der Waals surface area contributed by atoms with Crippen molar-refractivity contribution in [2.75, 3.05) is 11.5 Å². The molecule has 0 bridgehead atoms. The second-order valence-electron chi connectivity index (χ2n) is 6.25. The van der Waals surface area contributed by atoms with E-state index >= 15 is 0 Å². The van der Waals surface area contributed by atoms with Crippen LogP contribution in [0.3, 0.4) is 0 Å². The Morgan fingerprint density at radius 3 is 2.67 bits per heavy atom. The molecule has 1 unspecified atom stereocenters. The van der Waals surface area contributed by atoms with Crippen LogP contribution in [0, 0.1) is 5.41 Å². The Hall–Kier alpha value is -0.540. The van der Waals surface area contributed by atoms with Gasteiger partial charge in [-0.05, 0) is 35.6 Å². The quantitative estimate of drug-likeness (QED) is 0.911. The fraction of sp³-hybridized carbons (Fsp3) is 0.667. The largest absolute Gasteiger partial charge is 0.389 e. The third-order valence-electron chi connectivity index (χ3n) is 3.48. The molecule has 1 aliphatic rings. The van der Waals surface area contributed by atoms with Crippen LogP contribution in [-0.2, 0) is 12.8 Å². The summed E-state index contributed by atoms with van der Waals surface area (Å²) in [5, 5.41) is 10.7. The van der Waals surface area contributed by atoms with Gasteiger partial charge in [-0.1, -0.05) is 26.8 Å². The SMILES string of the molecule is CCc1ccc(CC2(O)CSCC(C)(C)C2)nc1. The van der Waals surface area contributed by atoms with E-state index < -0.39 is 5.60 Å². The molecule has 0 aliphatic carbocycles. The maximum Gasteiger partial charge on any atom is 0.0798 e. The normalized spacial score (nSPS) is 27.1. The number of pyridine rings is 1. The fourth-order valence-electron chi connectivity index (χ4n) is 2.73. The number of hydrogen-bond acceptors (Lipinski definition) is 3. The molecular formula is C15H23NOS. The number of nitrogens with zero attached hydrogens (tertiary/aromatic N) is 1. The summed E-state index contributed by atoms with van der Waals surface area (Å²) in [5.41, 5.74) is 1.89. The van der Waals surface area contributed by atoms with Gasteiger partial charge >= 0.3 is 0 Å². The molecule has 1 fully saturated rings. The van der Waals surface area contributed by atoms with E-state index in [4.69, 9.17) is 0 Å². The summed E-state index contributed by atoms with van der Waals surface area (Å²) in [6, 6.07) is 4.18. The first-order chi connectivity index (χ1) is 8.42. The van der Waals surface area contributed by atoms with Crippen molar-refractivity contribution < 1.29 is 5.11 Å². The summed E-state index contributed by atoms with van der Waals surface area (Å²) in [5.74, 6) is 1.96. The van der Waals surface area contributed by atoms with E-state index in [0.717, 1.165) is 30.0 Å². The van der Waals surface area contributed by atoms with Crippen LogP contribution in [0.1, 0.15) is 38.4 Å². The fourth-order valence-corrected chi connectivity index (χ4v) is 4.07. The van der Waals surface area contributed by atoms with Crippen LogP contribution in [-0.4, -0.2) is 27.2 Å². The average Bonchev–Trinajstić information content (AvgIpc) is 2.27. The smallest absolute Gasteiger partial charge is 0.0798 e. The van der Waals surface area contributed by atoms with Gasteiger partial charge in [0.1, 0.15) is 0 Å². The zero-order chi connectivity index (χ0) is 13.2. The molecule has 2 nitrogen and oxygen atoms in total. The van der Waals surface area contributed by atoms with Crippen molar-refractivity contribution in [3.8, 4) is 0 Å². The topological polar surface area (TPSA) is 33.1 Å². The predicted molar refractivity (Wildman–Crippen MR) is 78.0 cm³/mol. The van der Waals surface area contributed by atoms with E-state index in [0.29, 0.717) is 6.42 Å². The van der Waals surface area contributed by atoms with Gasteiger partial charge in [-0.25, -0.2) is 0 Å². The van der Waals surface area contributed by atoms with Crippen molar-refractivity contribution in [2.24, 2.45) is 5.41 Å². The number of aryl methyl sites for hydroxylation is 1. The summed E-state index contributed by atoms with van der Waals surface area (Å²) in [4.78, 5) is 4.47. The van der Waals surface area contributed by atoms with Gasteiger partial charge in [0.05, 0.1) is 5.60 Å². The first-order valence-corrected chi connectivity index (χ1v) is 7.82. The highest BCUT2D eigenvalue weighted by Crippen LogP contribution is 2.40. The van der Waals surface area contributed by atoms with Crippen LogP contribution >= 0.6 is 11.8 Å². The highest BCUT2D eigenvalue weighted by Gasteiger charge is 2.39. The lowest BCUT2D eigenvalue weighted by molar-refractivity contribution is 0.0192. The molecule has 100 valence electrons. The number of aromatic nitrogens is 1. The Labute approximate surface area is 114 Å². The van der Waals surface area contributed by atoms with E-state index in [-0.39, 0.29) is 5.41 Å². The molecule has 0 radical (unpaired) electrons. The van der Waals surface area contributed by atoms with Crippen molar-refractivity contribution in [3.05, 3.63) is 29.6 Å². The number of hydrogen-bond donors (Lipinski definition) is 1. The Balaban J connectivity index is 2.07. The van der Waals surface area contributed by atoms with E-state index in [2.05, 4.69) is 37.9 Å². The molecule has 1 aromatic rings. The van der Waals surface area contributed by atoms with E-state index in [9.17, 15) is 5.11 Å². The number of aliphatic hydroxyl groups is 1. The van der Waals surface area contributed by atoms with Gasteiger partial charge in [-0.15, -0.1) is 0 Å². The highest BCUT2D eigenvalue weighted by molar-refractivity contribution is 7.99. The molecule has 1 atom stereocenters. The second-order valence-corrected chi connectivity index (χ2v) is 7.23. The van der Waals surface area contributed by atoms with Crippen LogP contribution in [0.4, 0.5) is 0 Å². The Kier molecular flexibility index (Phi) is 4.02. The molecule has 1 N–H and O–H groups in total. The summed E-state index contributed by atoms with van der Waals surface area (Å²) < 4.78 is 0. The first kappa shape index (κ1) is 13.9. The minimum absolute atomic E-state index is 0.223. The standard InChI is InChI=1S/C15H23NOS/c1-4-12-5-6-13(16-8-12)7-15(17)9-14(2,3)10-18-11-15/h5-6,8,17H,4,7,9-11H2,1-3H3. The lowest BCUT2D eigenvalue weighted by atomic mass is 9.80.